The first-order chi connectivity index (χ1) is 12.5. The normalized spacial score (nSPS) is 24.5. The zero-order valence-corrected chi connectivity index (χ0v) is 14.3. The number of terminal acetylenes is 1. The number of carbonyl (C=O) groups is 2. The lowest BCUT2D eigenvalue weighted by Gasteiger charge is -2.15. The Kier molecular flexibility index (Phi) is 6.97. The monoisotopic (exact) mass is 362 g/mol. The molecule has 0 radical (unpaired) electrons. The molecule has 0 spiro atoms. The summed E-state index contributed by atoms with van der Waals surface area (Å²) in [6.45, 7) is 0.0666. The Morgan fingerprint density at radius 1 is 1.19 bits per heavy atom. The molecule has 1 aromatic rings. The lowest BCUT2D eigenvalue weighted by molar-refractivity contribution is -0.124. The van der Waals surface area contributed by atoms with Crippen molar-refractivity contribution in [3.63, 3.8) is 0 Å². The summed E-state index contributed by atoms with van der Waals surface area (Å²) in [5, 5.41) is 25.2. The number of amides is 2. The number of aliphatic hydroxyl groups is 2. The van der Waals surface area contributed by atoms with Crippen molar-refractivity contribution in [3.05, 3.63) is 29.8 Å². The molecule has 4 atom stereocenters. The maximum absolute atomic E-state index is 12.1. The van der Waals surface area contributed by atoms with Gasteiger partial charge in [0.15, 0.2) is 0 Å². The number of aliphatic hydroxyl groups excluding tert-OH is 2. The highest BCUT2D eigenvalue weighted by Gasteiger charge is 2.43. The van der Waals surface area contributed by atoms with Gasteiger partial charge in [-0.3, -0.25) is 9.59 Å². The molecule has 4 N–H and O–H groups in total. The van der Waals surface area contributed by atoms with E-state index in [0.29, 0.717) is 11.3 Å². The SMILES string of the molecule is C#CCNC(=O)CC1OC(CNC(=O)c2ccc(OC)cc2)C(O)C1O. The van der Waals surface area contributed by atoms with Crippen LogP contribution in [0.3, 0.4) is 0 Å². The van der Waals surface area contributed by atoms with Crippen LogP contribution in [0, 0.1) is 12.3 Å². The van der Waals surface area contributed by atoms with Crippen molar-refractivity contribution in [1.29, 1.82) is 0 Å². The second-order valence-corrected chi connectivity index (χ2v) is 5.82. The maximum atomic E-state index is 12.1. The fourth-order valence-electron chi connectivity index (χ4n) is 2.61. The van der Waals surface area contributed by atoms with Crippen LogP contribution >= 0.6 is 0 Å². The Bertz CT molecular complexity index is 669. The number of ether oxygens (including phenoxy) is 2. The molecule has 26 heavy (non-hydrogen) atoms. The second kappa shape index (κ2) is 9.20. The van der Waals surface area contributed by atoms with Gasteiger partial charge in [0.05, 0.1) is 26.2 Å². The van der Waals surface area contributed by atoms with Gasteiger partial charge in [-0.05, 0) is 24.3 Å². The van der Waals surface area contributed by atoms with Crippen LogP contribution in [0.5, 0.6) is 5.75 Å². The van der Waals surface area contributed by atoms with Crippen LogP contribution in [0.15, 0.2) is 24.3 Å². The van der Waals surface area contributed by atoms with Crippen molar-refractivity contribution < 1.29 is 29.3 Å². The third-order valence-corrected chi connectivity index (χ3v) is 4.05. The van der Waals surface area contributed by atoms with Crippen LogP contribution in [-0.4, -0.2) is 66.6 Å². The van der Waals surface area contributed by atoms with E-state index < -0.39 is 24.4 Å². The molecule has 140 valence electrons. The first kappa shape index (κ1) is 19.7. The topological polar surface area (TPSA) is 117 Å². The molecular weight excluding hydrogens is 340 g/mol. The molecule has 2 amide bonds. The average molecular weight is 362 g/mol. The third-order valence-electron chi connectivity index (χ3n) is 4.05. The maximum Gasteiger partial charge on any atom is 0.251 e. The Hall–Kier alpha value is -2.60. The number of hydrogen-bond donors (Lipinski definition) is 4. The van der Waals surface area contributed by atoms with Crippen LogP contribution in [0.1, 0.15) is 16.8 Å². The quantitative estimate of drug-likeness (QED) is 0.465. The van der Waals surface area contributed by atoms with Crippen molar-refractivity contribution in [2.75, 3.05) is 20.2 Å². The Labute approximate surface area is 151 Å². The minimum absolute atomic E-state index is 0.00837. The van der Waals surface area contributed by atoms with E-state index in [1.807, 2.05) is 0 Å². The molecule has 0 bridgehead atoms. The molecule has 0 saturated carbocycles. The molecule has 4 unspecified atom stereocenters. The summed E-state index contributed by atoms with van der Waals surface area (Å²) in [5.41, 5.74) is 0.420. The van der Waals surface area contributed by atoms with Gasteiger partial charge >= 0.3 is 0 Å². The molecule has 1 aliphatic heterocycles. The summed E-state index contributed by atoms with van der Waals surface area (Å²) >= 11 is 0. The summed E-state index contributed by atoms with van der Waals surface area (Å²) in [6, 6.07) is 6.52. The van der Waals surface area contributed by atoms with E-state index in [2.05, 4.69) is 16.6 Å². The van der Waals surface area contributed by atoms with E-state index in [4.69, 9.17) is 15.9 Å². The number of hydrogen-bond acceptors (Lipinski definition) is 6. The lowest BCUT2D eigenvalue weighted by Crippen LogP contribution is -2.40. The molecule has 0 aliphatic carbocycles. The Balaban J connectivity index is 1.86. The fourth-order valence-corrected chi connectivity index (χ4v) is 2.61. The van der Waals surface area contributed by atoms with Gasteiger partial charge in [-0.25, -0.2) is 0 Å². The van der Waals surface area contributed by atoms with Crippen molar-refractivity contribution in [1.82, 2.24) is 10.6 Å². The minimum Gasteiger partial charge on any atom is -0.497 e. The Morgan fingerprint density at radius 2 is 1.85 bits per heavy atom. The standard InChI is InChI=1S/C18H22N2O6/c1-3-8-19-15(21)9-13-16(22)17(23)14(26-13)10-20-18(24)11-4-6-12(25-2)7-5-11/h1,4-7,13-14,16-17,22-23H,8-10H2,2H3,(H,19,21)(H,20,24). The van der Waals surface area contributed by atoms with E-state index in [1.54, 1.807) is 24.3 Å². The van der Waals surface area contributed by atoms with Crippen molar-refractivity contribution in [2.24, 2.45) is 0 Å². The number of benzene rings is 1. The van der Waals surface area contributed by atoms with Gasteiger partial charge in [-0.15, -0.1) is 6.42 Å². The molecule has 1 heterocycles. The molecule has 1 aromatic carbocycles. The van der Waals surface area contributed by atoms with Crippen molar-refractivity contribution >= 4 is 11.8 Å². The predicted molar refractivity (Wildman–Crippen MR) is 92.5 cm³/mol. The van der Waals surface area contributed by atoms with Crippen molar-refractivity contribution in [3.8, 4) is 18.1 Å². The number of methoxy groups -OCH3 is 1. The molecular formula is C18H22N2O6. The van der Waals surface area contributed by atoms with E-state index in [1.165, 1.54) is 7.11 Å². The first-order valence-electron chi connectivity index (χ1n) is 8.10. The summed E-state index contributed by atoms with van der Waals surface area (Å²) in [4.78, 5) is 23.8. The van der Waals surface area contributed by atoms with Crippen LogP contribution in [0.25, 0.3) is 0 Å². The average Bonchev–Trinajstić information content (AvgIpc) is 2.92. The summed E-state index contributed by atoms with van der Waals surface area (Å²) in [5.74, 6) is 2.16. The molecule has 1 saturated heterocycles. The lowest BCUT2D eigenvalue weighted by atomic mass is 10.1. The zero-order chi connectivity index (χ0) is 19.1. The summed E-state index contributed by atoms with van der Waals surface area (Å²) in [7, 11) is 1.53. The van der Waals surface area contributed by atoms with E-state index in [-0.39, 0.29) is 31.3 Å². The minimum atomic E-state index is -1.23. The van der Waals surface area contributed by atoms with Gasteiger partial charge in [0.25, 0.3) is 5.91 Å². The molecule has 1 fully saturated rings. The van der Waals surface area contributed by atoms with Gasteiger partial charge in [-0.1, -0.05) is 5.92 Å². The van der Waals surface area contributed by atoms with E-state index >= 15 is 0 Å². The van der Waals surface area contributed by atoms with Crippen LogP contribution in [0.2, 0.25) is 0 Å². The number of rotatable bonds is 7. The molecule has 8 nitrogen and oxygen atoms in total. The molecule has 2 rings (SSSR count). The number of nitrogens with one attached hydrogen (secondary N) is 2. The molecule has 8 heteroatoms. The smallest absolute Gasteiger partial charge is 0.251 e. The molecule has 0 aromatic heterocycles. The summed E-state index contributed by atoms with van der Waals surface area (Å²) < 4.78 is 10.5. The zero-order valence-electron chi connectivity index (χ0n) is 14.3. The largest absolute Gasteiger partial charge is 0.497 e. The highest BCUT2D eigenvalue weighted by Crippen LogP contribution is 2.23. The van der Waals surface area contributed by atoms with E-state index in [0.717, 1.165) is 0 Å². The van der Waals surface area contributed by atoms with Gasteiger partial charge in [0.1, 0.15) is 24.1 Å². The van der Waals surface area contributed by atoms with Crippen LogP contribution < -0.4 is 15.4 Å². The predicted octanol–water partition coefficient (Wildman–Crippen LogP) is -0.946. The highest BCUT2D eigenvalue weighted by atomic mass is 16.5. The third kappa shape index (κ3) is 4.95. The van der Waals surface area contributed by atoms with Gasteiger partial charge in [-0.2, -0.15) is 0 Å². The summed E-state index contributed by atoms with van der Waals surface area (Å²) in [6.07, 6.45) is 0.790. The van der Waals surface area contributed by atoms with Gasteiger partial charge < -0.3 is 30.3 Å². The van der Waals surface area contributed by atoms with Crippen molar-refractivity contribution in [2.45, 2.75) is 30.8 Å². The van der Waals surface area contributed by atoms with E-state index in [9.17, 15) is 19.8 Å². The first-order valence-corrected chi connectivity index (χ1v) is 8.10. The van der Waals surface area contributed by atoms with Crippen LogP contribution in [-0.2, 0) is 9.53 Å². The number of carbonyl (C=O) groups excluding carboxylic acids is 2. The van der Waals surface area contributed by atoms with Gasteiger partial charge in [0.2, 0.25) is 5.91 Å². The second-order valence-electron chi connectivity index (χ2n) is 5.82. The fraction of sp³-hybridized carbons (Fsp3) is 0.444. The van der Waals surface area contributed by atoms with Crippen LogP contribution in [0.4, 0.5) is 0 Å². The van der Waals surface area contributed by atoms with Gasteiger partial charge in [0, 0.05) is 12.1 Å². The Morgan fingerprint density at radius 3 is 2.46 bits per heavy atom. The molecule has 1 aliphatic rings. The highest BCUT2D eigenvalue weighted by molar-refractivity contribution is 5.94.